The largest absolute Gasteiger partial charge is 0.212 e. The molecule has 0 unspecified atom stereocenters. The highest BCUT2D eigenvalue weighted by atomic mass is 14.9. The first-order valence-electron chi connectivity index (χ1n) is 7.28. The lowest BCUT2D eigenvalue weighted by molar-refractivity contribution is -0.660. The first-order valence-corrected chi connectivity index (χ1v) is 7.28. The number of hydrogen-bond acceptors (Lipinski definition) is 0. The first-order chi connectivity index (χ1) is 10.1. The van der Waals surface area contributed by atoms with Crippen molar-refractivity contribution in [1.29, 1.82) is 0 Å². The minimum atomic E-state index is 1.26. The molecule has 3 rings (SSSR count). The van der Waals surface area contributed by atoms with E-state index in [4.69, 9.17) is 0 Å². The molecule has 1 heterocycles. The molecule has 0 spiro atoms. The van der Waals surface area contributed by atoms with E-state index in [0.717, 1.165) is 0 Å². The lowest BCUT2D eigenvalue weighted by Gasteiger charge is -2.08. The second-order valence-corrected chi connectivity index (χ2v) is 5.60. The van der Waals surface area contributed by atoms with Crippen LogP contribution in [0.1, 0.15) is 11.1 Å². The van der Waals surface area contributed by atoms with Crippen LogP contribution in [0, 0.1) is 13.8 Å². The number of hydrogen-bond donors (Lipinski definition) is 0. The third kappa shape index (κ3) is 2.73. The van der Waals surface area contributed by atoms with Gasteiger partial charge in [0.05, 0.1) is 0 Å². The fraction of sp³-hybridized carbons (Fsp3) is 0.150. The Balaban J connectivity index is 2.08. The SMILES string of the molecule is Cc1cc[n+](C)c(-c2ccc(-c3ccccc3)cc2C)c1. The molecular weight excluding hydrogens is 254 g/mol. The quantitative estimate of drug-likeness (QED) is 0.607. The van der Waals surface area contributed by atoms with Gasteiger partial charge in [0, 0.05) is 17.7 Å². The zero-order chi connectivity index (χ0) is 14.8. The Labute approximate surface area is 126 Å². The molecule has 104 valence electrons. The van der Waals surface area contributed by atoms with E-state index >= 15 is 0 Å². The van der Waals surface area contributed by atoms with Crippen molar-refractivity contribution in [3.8, 4) is 22.4 Å². The smallest absolute Gasteiger partial charge is 0.201 e. The Morgan fingerprint density at radius 2 is 1.52 bits per heavy atom. The van der Waals surface area contributed by atoms with Crippen LogP contribution in [-0.4, -0.2) is 0 Å². The van der Waals surface area contributed by atoms with Crippen molar-refractivity contribution in [2.24, 2.45) is 7.05 Å². The van der Waals surface area contributed by atoms with Gasteiger partial charge in [-0.05, 0) is 42.2 Å². The van der Waals surface area contributed by atoms with Gasteiger partial charge >= 0.3 is 0 Å². The van der Waals surface area contributed by atoms with Crippen LogP contribution in [0.15, 0.2) is 66.9 Å². The van der Waals surface area contributed by atoms with Crippen molar-refractivity contribution >= 4 is 0 Å². The summed E-state index contributed by atoms with van der Waals surface area (Å²) < 4.78 is 2.18. The summed E-state index contributed by atoms with van der Waals surface area (Å²) in [6.07, 6.45) is 2.12. The van der Waals surface area contributed by atoms with Crippen molar-refractivity contribution in [2.45, 2.75) is 13.8 Å². The zero-order valence-electron chi connectivity index (χ0n) is 12.8. The van der Waals surface area contributed by atoms with Gasteiger partial charge in [-0.2, -0.15) is 0 Å². The normalized spacial score (nSPS) is 10.6. The van der Waals surface area contributed by atoms with Crippen molar-refractivity contribution in [3.63, 3.8) is 0 Å². The second kappa shape index (κ2) is 5.53. The Morgan fingerprint density at radius 1 is 0.762 bits per heavy atom. The molecular formula is C20H20N+. The molecule has 0 fully saturated rings. The number of rotatable bonds is 2. The maximum Gasteiger partial charge on any atom is 0.212 e. The molecule has 1 nitrogen and oxygen atoms in total. The molecule has 0 aliphatic carbocycles. The summed E-state index contributed by atoms with van der Waals surface area (Å²) in [5.41, 5.74) is 7.67. The number of nitrogens with zero attached hydrogens (tertiary/aromatic N) is 1. The summed E-state index contributed by atoms with van der Waals surface area (Å²) in [6, 6.07) is 21.6. The highest BCUT2D eigenvalue weighted by molar-refractivity contribution is 5.71. The average molecular weight is 274 g/mol. The number of aryl methyl sites for hydroxylation is 3. The second-order valence-electron chi connectivity index (χ2n) is 5.60. The van der Waals surface area contributed by atoms with E-state index in [2.05, 4.69) is 92.3 Å². The lowest BCUT2D eigenvalue weighted by atomic mass is 9.97. The van der Waals surface area contributed by atoms with Crippen LogP contribution in [0.3, 0.4) is 0 Å². The van der Waals surface area contributed by atoms with Gasteiger partial charge in [-0.3, -0.25) is 0 Å². The van der Waals surface area contributed by atoms with Crippen molar-refractivity contribution in [2.75, 3.05) is 0 Å². The van der Waals surface area contributed by atoms with Crippen LogP contribution in [0.2, 0.25) is 0 Å². The van der Waals surface area contributed by atoms with E-state index in [-0.39, 0.29) is 0 Å². The Hall–Kier alpha value is -2.41. The molecule has 1 heteroatoms. The van der Waals surface area contributed by atoms with E-state index in [1.165, 1.54) is 33.5 Å². The summed E-state index contributed by atoms with van der Waals surface area (Å²) in [5.74, 6) is 0. The molecule has 0 aliphatic heterocycles. The fourth-order valence-electron chi connectivity index (χ4n) is 2.70. The Kier molecular flexibility index (Phi) is 3.57. The molecule has 2 aromatic carbocycles. The predicted octanol–water partition coefficient (Wildman–Crippen LogP) is 4.46. The summed E-state index contributed by atoms with van der Waals surface area (Å²) in [5, 5.41) is 0. The monoisotopic (exact) mass is 274 g/mol. The number of benzene rings is 2. The molecule has 0 N–H and O–H groups in total. The van der Waals surface area contributed by atoms with Gasteiger partial charge in [0.1, 0.15) is 7.05 Å². The van der Waals surface area contributed by atoms with Gasteiger partial charge < -0.3 is 0 Å². The molecule has 0 radical (unpaired) electrons. The standard InChI is InChI=1S/C20H20N/c1-15-11-12-21(3)20(13-15)19-10-9-18(14-16(19)2)17-7-5-4-6-8-17/h4-14H,1-3H3/q+1. The van der Waals surface area contributed by atoms with E-state index in [1.807, 2.05) is 0 Å². The van der Waals surface area contributed by atoms with E-state index in [0.29, 0.717) is 0 Å². The van der Waals surface area contributed by atoms with Crippen LogP contribution in [0.25, 0.3) is 22.4 Å². The summed E-state index contributed by atoms with van der Waals surface area (Å²) in [4.78, 5) is 0. The third-order valence-electron chi connectivity index (χ3n) is 3.91. The molecule has 3 aromatic rings. The van der Waals surface area contributed by atoms with Crippen molar-refractivity contribution in [3.05, 3.63) is 78.0 Å². The first kappa shape index (κ1) is 13.6. The van der Waals surface area contributed by atoms with Crippen molar-refractivity contribution in [1.82, 2.24) is 0 Å². The van der Waals surface area contributed by atoms with Gasteiger partial charge in [0.2, 0.25) is 5.69 Å². The van der Waals surface area contributed by atoms with Gasteiger partial charge in [-0.25, -0.2) is 4.57 Å². The summed E-state index contributed by atoms with van der Waals surface area (Å²) >= 11 is 0. The minimum Gasteiger partial charge on any atom is -0.201 e. The van der Waals surface area contributed by atoms with Crippen LogP contribution in [0.4, 0.5) is 0 Å². The molecule has 0 saturated carbocycles. The van der Waals surface area contributed by atoms with Crippen LogP contribution in [-0.2, 0) is 7.05 Å². The zero-order valence-corrected chi connectivity index (χ0v) is 12.8. The topological polar surface area (TPSA) is 3.88 Å². The van der Waals surface area contributed by atoms with Gasteiger partial charge in [-0.1, -0.05) is 42.5 Å². The maximum atomic E-state index is 2.27. The highest BCUT2D eigenvalue weighted by Gasteiger charge is 2.13. The molecule has 21 heavy (non-hydrogen) atoms. The van der Waals surface area contributed by atoms with E-state index in [9.17, 15) is 0 Å². The summed E-state index contributed by atoms with van der Waals surface area (Å²) in [6.45, 7) is 4.32. The Bertz CT molecular complexity index is 773. The predicted molar refractivity (Wildman–Crippen MR) is 88.0 cm³/mol. The Morgan fingerprint density at radius 3 is 2.24 bits per heavy atom. The van der Waals surface area contributed by atoms with Crippen molar-refractivity contribution < 1.29 is 4.57 Å². The number of aromatic nitrogens is 1. The molecule has 1 aromatic heterocycles. The fourth-order valence-corrected chi connectivity index (χ4v) is 2.70. The highest BCUT2D eigenvalue weighted by Crippen LogP contribution is 2.27. The molecule has 0 aliphatic rings. The van der Waals surface area contributed by atoms with Crippen LogP contribution in [0.5, 0.6) is 0 Å². The maximum absolute atomic E-state index is 2.27. The molecule has 0 saturated heterocycles. The van der Waals surface area contributed by atoms with E-state index in [1.54, 1.807) is 0 Å². The molecule has 0 amide bonds. The molecule has 0 bridgehead atoms. The third-order valence-corrected chi connectivity index (χ3v) is 3.91. The minimum absolute atomic E-state index is 1.26. The lowest BCUT2D eigenvalue weighted by Crippen LogP contribution is -2.30. The van der Waals surface area contributed by atoms with Gasteiger partial charge in [-0.15, -0.1) is 0 Å². The average Bonchev–Trinajstić information content (AvgIpc) is 2.51. The van der Waals surface area contributed by atoms with Gasteiger partial charge in [0.15, 0.2) is 6.20 Å². The number of pyridine rings is 1. The van der Waals surface area contributed by atoms with Crippen LogP contribution >= 0.6 is 0 Å². The van der Waals surface area contributed by atoms with Crippen LogP contribution < -0.4 is 4.57 Å². The summed E-state index contributed by atoms with van der Waals surface area (Å²) in [7, 11) is 2.10. The van der Waals surface area contributed by atoms with E-state index < -0.39 is 0 Å². The van der Waals surface area contributed by atoms with Gasteiger partial charge in [0.25, 0.3) is 0 Å². The molecule has 0 atom stereocenters.